The molecule has 0 heterocycles. The molecule has 0 aromatic carbocycles. The molecule has 0 spiro atoms. The van der Waals surface area contributed by atoms with Gasteiger partial charge in [0, 0.05) is 13.2 Å². The molecular weight excluding hydrogens is 649 g/mol. The fourth-order valence-corrected chi connectivity index (χ4v) is 8.34. The average Bonchev–Trinajstić information content (AvgIpc) is 3.13. The third-order valence-corrected chi connectivity index (χ3v) is 11.9. The second kappa shape index (κ2) is 41.5. The molecule has 0 fully saturated rings. The van der Waals surface area contributed by atoms with Crippen LogP contribution in [0.5, 0.6) is 0 Å². The second-order valence-corrected chi connectivity index (χ2v) is 18.1. The van der Waals surface area contributed by atoms with Crippen molar-refractivity contribution in [3.63, 3.8) is 0 Å². The summed E-state index contributed by atoms with van der Waals surface area (Å²) in [5.41, 5.74) is 0. The minimum Gasteiger partial charge on any atom is -0.353 e. The molecule has 0 bridgehead atoms. The van der Waals surface area contributed by atoms with Gasteiger partial charge in [-0.3, -0.25) is 0 Å². The highest BCUT2D eigenvalue weighted by molar-refractivity contribution is 4.64. The lowest BCUT2D eigenvalue weighted by Gasteiger charge is -2.26. The number of hydrogen-bond donors (Lipinski definition) is 0. The zero-order chi connectivity index (χ0) is 39.0. The minimum absolute atomic E-state index is 0.136. The van der Waals surface area contributed by atoms with Gasteiger partial charge in [-0.25, -0.2) is 0 Å². The van der Waals surface area contributed by atoms with Crippen LogP contribution in [0, 0.1) is 23.7 Å². The summed E-state index contributed by atoms with van der Waals surface area (Å²) >= 11 is 0. The first-order chi connectivity index (χ1) is 25.9. The lowest BCUT2D eigenvalue weighted by atomic mass is 9.89. The topological polar surface area (TPSA) is 27.7 Å². The van der Waals surface area contributed by atoms with Gasteiger partial charge in [-0.15, -0.1) is 0 Å². The van der Waals surface area contributed by atoms with Crippen LogP contribution in [0.15, 0.2) is 0 Å². The summed E-state index contributed by atoms with van der Waals surface area (Å²) in [6, 6.07) is 0. The van der Waals surface area contributed by atoms with E-state index in [9.17, 15) is 0 Å². The zero-order valence-corrected chi connectivity index (χ0v) is 38.1. The van der Waals surface area contributed by atoms with E-state index < -0.39 is 0 Å². The monoisotopic (exact) mass is 751 g/mol. The fourth-order valence-electron chi connectivity index (χ4n) is 8.34. The Hall–Kier alpha value is -0.120. The first kappa shape index (κ1) is 52.9. The van der Waals surface area contributed by atoms with E-state index in [-0.39, 0.29) is 12.6 Å². The molecule has 0 aliphatic heterocycles. The maximum Gasteiger partial charge on any atom is 0.160 e. The quantitative estimate of drug-likeness (QED) is 0.0458. The van der Waals surface area contributed by atoms with Gasteiger partial charge in [-0.05, 0) is 75.0 Å². The molecule has 0 rings (SSSR count). The number of rotatable bonds is 44. The molecule has 6 unspecified atom stereocenters. The Labute approximate surface area is 336 Å². The fraction of sp³-hybridized carbons (Fsp3) is 1.00. The lowest BCUT2D eigenvalue weighted by molar-refractivity contribution is -0.250. The van der Waals surface area contributed by atoms with Gasteiger partial charge in [-0.1, -0.05) is 222 Å². The van der Waals surface area contributed by atoms with Crippen molar-refractivity contribution in [3.8, 4) is 0 Å². The zero-order valence-electron chi connectivity index (χ0n) is 38.1. The highest BCUT2D eigenvalue weighted by atomic mass is 16.8. The molecule has 0 aliphatic rings. The van der Waals surface area contributed by atoms with E-state index in [1.807, 2.05) is 0 Å². The molecule has 3 nitrogen and oxygen atoms in total. The molecule has 6 atom stereocenters. The molecule has 0 aromatic rings. The van der Waals surface area contributed by atoms with Crippen molar-refractivity contribution in [2.45, 2.75) is 286 Å². The predicted molar refractivity (Wildman–Crippen MR) is 237 cm³/mol. The standard InChI is InChI=1S/C50H102O3/c1-9-13-17-19-21-23-25-27-29-31-35-45(5)43-47(7)37-33-39-49(51-41-15-11-3)53-50(52-42-16-12-4)40-34-38-48(8)44-46(6)36-32-30-28-26-24-22-20-18-14-10-2/h45-50H,9-44H2,1-8H3. The van der Waals surface area contributed by atoms with E-state index in [1.54, 1.807) is 0 Å². The molecule has 0 radical (unpaired) electrons. The number of ether oxygens (including phenoxy) is 3. The van der Waals surface area contributed by atoms with Crippen LogP contribution in [0.2, 0.25) is 0 Å². The summed E-state index contributed by atoms with van der Waals surface area (Å²) in [5, 5.41) is 0. The Balaban J connectivity index is 4.46. The van der Waals surface area contributed by atoms with Crippen LogP contribution in [-0.4, -0.2) is 25.8 Å². The molecule has 0 saturated carbocycles. The summed E-state index contributed by atoms with van der Waals surface area (Å²) in [4.78, 5) is 0. The Bertz CT molecular complexity index is 626. The second-order valence-electron chi connectivity index (χ2n) is 18.1. The van der Waals surface area contributed by atoms with Gasteiger partial charge in [0.15, 0.2) is 12.6 Å². The first-order valence-electron chi connectivity index (χ1n) is 24.7. The van der Waals surface area contributed by atoms with Crippen LogP contribution in [0.4, 0.5) is 0 Å². The van der Waals surface area contributed by atoms with Gasteiger partial charge in [0.25, 0.3) is 0 Å². The first-order valence-corrected chi connectivity index (χ1v) is 24.7. The highest BCUT2D eigenvalue weighted by Crippen LogP contribution is 2.26. The number of hydrogen-bond acceptors (Lipinski definition) is 3. The minimum atomic E-state index is -0.136. The van der Waals surface area contributed by atoms with Crippen molar-refractivity contribution in [1.82, 2.24) is 0 Å². The van der Waals surface area contributed by atoms with E-state index in [4.69, 9.17) is 14.2 Å². The van der Waals surface area contributed by atoms with Crippen molar-refractivity contribution in [2.24, 2.45) is 23.7 Å². The third-order valence-electron chi connectivity index (χ3n) is 11.9. The van der Waals surface area contributed by atoms with Crippen LogP contribution in [0.3, 0.4) is 0 Å². The number of unbranched alkanes of at least 4 members (excludes halogenated alkanes) is 20. The van der Waals surface area contributed by atoms with Crippen LogP contribution in [0.25, 0.3) is 0 Å². The Kier molecular flexibility index (Phi) is 41.4. The van der Waals surface area contributed by atoms with Crippen molar-refractivity contribution in [2.75, 3.05) is 13.2 Å². The van der Waals surface area contributed by atoms with Crippen LogP contribution >= 0.6 is 0 Å². The van der Waals surface area contributed by atoms with Crippen LogP contribution in [-0.2, 0) is 14.2 Å². The SMILES string of the molecule is CCCCCCCCCCCCC(C)CC(C)CCCC(OCCCC)OC(CCCC(C)CC(C)CCCCCCCCCCCC)OCCCC. The van der Waals surface area contributed by atoms with Crippen LogP contribution in [0.1, 0.15) is 274 Å². The molecular formula is C50H102O3. The molecule has 0 saturated heterocycles. The van der Waals surface area contributed by atoms with E-state index in [1.165, 1.54) is 180 Å². The lowest BCUT2D eigenvalue weighted by Crippen LogP contribution is -2.28. The summed E-state index contributed by atoms with van der Waals surface area (Å²) in [7, 11) is 0. The molecule has 3 heteroatoms. The van der Waals surface area contributed by atoms with Crippen molar-refractivity contribution < 1.29 is 14.2 Å². The Morgan fingerprint density at radius 3 is 0.849 bits per heavy atom. The molecule has 0 amide bonds. The highest BCUT2D eigenvalue weighted by Gasteiger charge is 2.20. The van der Waals surface area contributed by atoms with E-state index >= 15 is 0 Å². The normalized spacial score (nSPS) is 15.4. The molecule has 320 valence electrons. The maximum atomic E-state index is 6.66. The summed E-state index contributed by atoms with van der Waals surface area (Å²) in [6.07, 6.45) is 45.3. The van der Waals surface area contributed by atoms with Crippen LogP contribution < -0.4 is 0 Å². The molecule has 0 N–H and O–H groups in total. The Morgan fingerprint density at radius 1 is 0.283 bits per heavy atom. The molecule has 53 heavy (non-hydrogen) atoms. The summed E-state index contributed by atoms with van der Waals surface area (Å²) < 4.78 is 19.4. The Morgan fingerprint density at radius 2 is 0.547 bits per heavy atom. The maximum absolute atomic E-state index is 6.66. The van der Waals surface area contributed by atoms with Crippen molar-refractivity contribution in [1.29, 1.82) is 0 Å². The molecule has 0 aliphatic carbocycles. The van der Waals surface area contributed by atoms with Crippen molar-refractivity contribution >= 4 is 0 Å². The van der Waals surface area contributed by atoms with Crippen molar-refractivity contribution in [3.05, 3.63) is 0 Å². The largest absolute Gasteiger partial charge is 0.353 e. The average molecular weight is 751 g/mol. The molecule has 0 aromatic heterocycles. The van der Waals surface area contributed by atoms with Gasteiger partial charge in [0.1, 0.15) is 0 Å². The van der Waals surface area contributed by atoms with E-state index in [0.717, 1.165) is 75.4 Å². The van der Waals surface area contributed by atoms with Gasteiger partial charge >= 0.3 is 0 Å². The third kappa shape index (κ3) is 38.5. The predicted octanol–water partition coefficient (Wildman–Crippen LogP) is 17.6. The van der Waals surface area contributed by atoms with E-state index in [2.05, 4.69) is 55.4 Å². The van der Waals surface area contributed by atoms with Gasteiger partial charge in [0.05, 0.1) is 0 Å². The smallest absolute Gasteiger partial charge is 0.160 e. The summed E-state index contributed by atoms with van der Waals surface area (Å²) in [5.74, 6) is 3.23. The summed E-state index contributed by atoms with van der Waals surface area (Å²) in [6.45, 7) is 20.6. The van der Waals surface area contributed by atoms with Gasteiger partial charge < -0.3 is 14.2 Å². The van der Waals surface area contributed by atoms with Gasteiger partial charge in [-0.2, -0.15) is 0 Å². The van der Waals surface area contributed by atoms with Gasteiger partial charge in [0.2, 0.25) is 0 Å². The van der Waals surface area contributed by atoms with E-state index in [0.29, 0.717) is 0 Å².